The number of ketones is 1. The minimum atomic E-state index is -5.93. The van der Waals surface area contributed by atoms with Crippen LogP contribution in [0.5, 0.6) is 0 Å². The van der Waals surface area contributed by atoms with E-state index in [1.54, 1.807) is 18.7 Å². The molecule has 0 unspecified atom stereocenters. The molecule has 0 aliphatic rings. The number of benzene rings is 1. The van der Waals surface area contributed by atoms with Crippen LogP contribution in [0.3, 0.4) is 0 Å². The van der Waals surface area contributed by atoms with Gasteiger partial charge in [0.05, 0.1) is 0 Å². The zero-order chi connectivity index (χ0) is 19.4. The standard InChI is InChI=1S/C17H23F5N2O/c1-5-23(6-2)12-9-10-13(14(11-12)24(7-3)8-4)15(25)16(18,19)17(20,21)22/h9-11H,5-8H2,1-4H3. The Hall–Kier alpha value is -1.86. The van der Waals surface area contributed by atoms with Gasteiger partial charge in [0.25, 0.3) is 0 Å². The van der Waals surface area contributed by atoms with Gasteiger partial charge in [0, 0.05) is 43.1 Å². The topological polar surface area (TPSA) is 23.6 Å². The van der Waals surface area contributed by atoms with Crippen molar-refractivity contribution >= 4 is 17.2 Å². The van der Waals surface area contributed by atoms with Gasteiger partial charge in [-0.2, -0.15) is 22.0 Å². The van der Waals surface area contributed by atoms with Crippen molar-refractivity contribution in [2.45, 2.75) is 39.8 Å². The Labute approximate surface area is 144 Å². The van der Waals surface area contributed by atoms with E-state index in [1.807, 2.05) is 18.7 Å². The van der Waals surface area contributed by atoms with E-state index < -0.39 is 23.4 Å². The molecule has 8 heteroatoms. The third-order valence-corrected chi connectivity index (χ3v) is 4.10. The normalized spacial score (nSPS) is 12.2. The van der Waals surface area contributed by atoms with Crippen LogP contribution in [-0.2, 0) is 0 Å². The minimum absolute atomic E-state index is 0.0864. The quantitative estimate of drug-likeness (QED) is 0.490. The van der Waals surface area contributed by atoms with E-state index in [1.165, 1.54) is 12.1 Å². The van der Waals surface area contributed by atoms with Crippen LogP contribution in [0, 0.1) is 0 Å². The maximum Gasteiger partial charge on any atom is 0.461 e. The van der Waals surface area contributed by atoms with E-state index in [0.717, 1.165) is 6.07 Å². The predicted molar refractivity (Wildman–Crippen MR) is 88.9 cm³/mol. The molecule has 0 aromatic heterocycles. The number of carbonyl (C=O) groups excluding carboxylic acids is 1. The second kappa shape index (κ2) is 8.01. The molecule has 0 heterocycles. The van der Waals surface area contributed by atoms with Crippen molar-refractivity contribution in [2.75, 3.05) is 36.0 Å². The number of hydrogen-bond donors (Lipinski definition) is 0. The minimum Gasteiger partial charge on any atom is -0.372 e. The molecule has 0 saturated heterocycles. The molecule has 0 aliphatic carbocycles. The van der Waals surface area contributed by atoms with E-state index in [2.05, 4.69) is 0 Å². The third-order valence-electron chi connectivity index (χ3n) is 4.10. The average molecular weight is 366 g/mol. The first kappa shape index (κ1) is 21.2. The van der Waals surface area contributed by atoms with Crippen molar-refractivity contribution in [1.82, 2.24) is 0 Å². The number of rotatable bonds is 8. The fraction of sp³-hybridized carbons (Fsp3) is 0.588. The Bertz CT molecular complexity index is 593. The first-order valence-corrected chi connectivity index (χ1v) is 8.18. The van der Waals surface area contributed by atoms with E-state index in [4.69, 9.17) is 0 Å². The number of alkyl halides is 5. The molecule has 0 fully saturated rings. The summed E-state index contributed by atoms with van der Waals surface area (Å²) in [4.78, 5) is 15.5. The summed E-state index contributed by atoms with van der Waals surface area (Å²) in [6.45, 7) is 9.30. The fourth-order valence-electron chi connectivity index (χ4n) is 2.62. The Morgan fingerprint density at radius 3 is 1.76 bits per heavy atom. The monoisotopic (exact) mass is 366 g/mol. The van der Waals surface area contributed by atoms with Crippen LogP contribution in [0.2, 0.25) is 0 Å². The molecule has 0 amide bonds. The number of carbonyl (C=O) groups is 1. The lowest BCUT2D eigenvalue weighted by Gasteiger charge is -2.29. The van der Waals surface area contributed by atoms with Gasteiger partial charge in [0.15, 0.2) is 0 Å². The fourth-order valence-corrected chi connectivity index (χ4v) is 2.62. The summed E-state index contributed by atoms with van der Waals surface area (Å²) >= 11 is 0. The van der Waals surface area contributed by atoms with Crippen LogP contribution in [0.15, 0.2) is 18.2 Å². The second-order valence-electron chi connectivity index (χ2n) is 5.45. The summed E-state index contributed by atoms with van der Waals surface area (Å²) < 4.78 is 64.9. The van der Waals surface area contributed by atoms with Crippen LogP contribution < -0.4 is 9.80 Å². The van der Waals surface area contributed by atoms with Crippen LogP contribution in [0.25, 0.3) is 0 Å². The van der Waals surface area contributed by atoms with Crippen LogP contribution in [0.4, 0.5) is 33.3 Å². The smallest absolute Gasteiger partial charge is 0.372 e. The first-order chi connectivity index (χ1) is 11.5. The molecule has 0 saturated carbocycles. The van der Waals surface area contributed by atoms with Gasteiger partial charge in [-0.3, -0.25) is 4.79 Å². The molecule has 0 aliphatic heterocycles. The summed E-state index contributed by atoms with van der Waals surface area (Å²) in [5.41, 5.74) is 0.129. The van der Waals surface area contributed by atoms with Gasteiger partial charge >= 0.3 is 12.1 Å². The van der Waals surface area contributed by atoms with Crippen molar-refractivity contribution in [3.05, 3.63) is 23.8 Å². The number of hydrogen-bond acceptors (Lipinski definition) is 3. The predicted octanol–water partition coefficient (Wildman–Crippen LogP) is 4.76. The van der Waals surface area contributed by atoms with E-state index in [-0.39, 0.29) is 5.69 Å². The van der Waals surface area contributed by atoms with Crippen LogP contribution in [-0.4, -0.2) is 44.1 Å². The highest BCUT2D eigenvalue weighted by Crippen LogP contribution is 2.40. The van der Waals surface area contributed by atoms with E-state index in [9.17, 15) is 26.7 Å². The lowest BCUT2D eigenvalue weighted by molar-refractivity contribution is -0.255. The number of anilines is 2. The maximum absolute atomic E-state index is 13.5. The average Bonchev–Trinajstić information content (AvgIpc) is 2.55. The van der Waals surface area contributed by atoms with Crippen molar-refractivity contribution in [3.63, 3.8) is 0 Å². The summed E-state index contributed by atoms with van der Waals surface area (Å²) in [6, 6.07) is 3.96. The summed E-state index contributed by atoms with van der Waals surface area (Å²) in [7, 11) is 0. The lowest BCUT2D eigenvalue weighted by atomic mass is 10.0. The highest BCUT2D eigenvalue weighted by atomic mass is 19.4. The van der Waals surface area contributed by atoms with Gasteiger partial charge in [-0.15, -0.1) is 0 Å². The molecule has 1 rings (SSSR count). The molecule has 3 nitrogen and oxygen atoms in total. The van der Waals surface area contributed by atoms with Crippen molar-refractivity contribution in [2.24, 2.45) is 0 Å². The molecule has 142 valence electrons. The number of nitrogens with zero attached hydrogens (tertiary/aromatic N) is 2. The van der Waals surface area contributed by atoms with Gasteiger partial charge in [-0.25, -0.2) is 0 Å². The highest BCUT2D eigenvalue weighted by molar-refractivity contribution is 6.06. The molecule has 0 atom stereocenters. The zero-order valence-corrected chi connectivity index (χ0v) is 14.8. The Morgan fingerprint density at radius 1 is 0.880 bits per heavy atom. The molecule has 25 heavy (non-hydrogen) atoms. The number of halogens is 5. The molecule has 0 bridgehead atoms. The third kappa shape index (κ3) is 4.22. The SMILES string of the molecule is CCN(CC)c1ccc(C(=O)C(F)(F)C(F)(F)F)c(N(CC)CC)c1. The zero-order valence-electron chi connectivity index (χ0n) is 14.8. The molecular weight excluding hydrogens is 343 g/mol. The van der Waals surface area contributed by atoms with Gasteiger partial charge in [-0.1, -0.05) is 0 Å². The summed E-state index contributed by atoms with van der Waals surface area (Å²) in [6.07, 6.45) is -5.93. The van der Waals surface area contributed by atoms with Gasteiger partial charge in [0.2, 0.25) is 5.78 Å². The summed E-state index contributed by atoms with van der Waals surface area (Å²) in [5, 5.41) is 0. The van der Waals surface area contributed by atoms with Gasteiger partial charge in [0.1, 0.15) is 0 Å². The van der Waals surface area contributed by atoms with E-state index >= 15 is 0 Å². The molecule has 0 N–H and O–H groups in total. The van der Waals surface area contributed by atoms with Gasteiger partial charge in [-0.05, 0) is 45.9 Å². The van der Waals surface area contributed by atoms with E-state index in [0.29, 0.717) is 31.9 Å². The second-order valence-corrected chi connectivity index (χ2v) is 5.45. The van der Waals surface area contributed by atoms with Gasteiger partial charge < -0.3 is 9.80 Å². The number of Topliss-reactive ketones (excluding diaryl/α,β-unsaturated/α-hetero) is 1. The van der Waals surface area contributed by atoms with Crippen molar-refractivity contribution < 1.29 is 26.7 Å². The largest absolute Gasteiger partial charge is 0.461 e. The lowest BCUT2D eigenvalue weighted by Crippen LogP contribution is -2.44. The molecule has 1 aromatic carbocycles. The Morgan fingerprint density at radius 2 is 1.36 bits per heavy atom. The highest BCUT2D eigenvalue weighted by Gasteiger charge is 2.63. The van der Waals surface area contributed by atoms with Crippen molar-refractivity contribution in [3.8, 4) is 0 Å². The molecule has 0 spiro atoms. The van der Waals surface area contributed by atoms with Crippen molar-refractivity contribution in [1.29, 1.82) is 0 Å². The van der Waals surface area contributed by atoms with Crippen LogP contribution in [0.1, 0.15) is 38.1 Å². The molecule has 1 aromatic rings. The Kier molecular flexibility index (Phi) is 6.79. The Balaban J connectivity index is 3.52. The van der Waals surface area contributed by atoms with Crippen LogP contribution >= 0.6 is 0 Å². The molecular formula is C17H23F5N2O. The molecule has 0 radical (unpaired) electrons. The first-order valence-electron chi connectivity index (χ1n) is 8.18. The summed E-state index contributed by atoms with van der Waals surface area (Å²) in [5.74, 6) is -7.65. The maximum atomic E-state index is 13.5.